The second-order valence-corrected chi connectivity index (χ2v) is 7.28. The van der Waals surface area contributed by atoms with E-state index in [4.69, 9.17) is 23.2 Å². The van der Waals surface area contributed by atoms with E-state index in [2.05, 4.69) is 22.5 Å². The van der Waals surface area contributed by atoms with Gasteiger partial charge in [0.05, 0.1) is 6.54 Å². The van der Waals surface area contributed by atoms with Crippen molar-refractivity contribution in [3.8, 4) is 0 Å². The number of aromatic nitrogens is 2. The Hall–Kier alpha value is -2.30. The molecule has 2 atom stereocenters. The van der Waals surface area contributed by atoms with E-state index in [9.17, 15) is 4.79 Å². The minimum Gasteiger partial charge on any atom is -0.308 e. The smallest absolute Gasteiger partial charge is 0.229 e. The summed E-state index contributed by atoms with van der Waals surface area (Å²) < 4.78 is 1.68. The molecule has 1 aliphatic rings. The van der Waals surface area contributed by atoms with Gasteiger partial charge >= 0.3 is 0 Å². The predicted molar refractivity (Wildman–Crippen MR) is 104 cm³/mol. The molecular weight excluding hydrogens is 369 g/mol. The summed E-state index contributed by atoms with van der Waals surface area (Å²) >= 11 is 12.4. The van der Waals surface area contributed by atoms with E-state index in [-0.39, 0.29) is 17.7 Å². The lowest BCUT2D eigenvalue weighted by atomic mass is 10.1. The van der Waals surface area contributed by atoms with Gasteiger partial charge < -0.3 is 5.32 Å². The van der Waals surface area contributed by atoms with Gasteiger partial charge in [0.25, 0.3) is 0 Å². The maximum atomic E-state index is 12.5. The Morgan fingerprint density at radius 3 is 2.58 bits per heavy atom. The van der Waals surface area contributed by atoms with Crippen molar-refractivity contribution in [2.45, 2.75) is 18.9 Å². The van der Waals surface area contributed by atoms with Crippen LogP contribution in [0.25, 0.3) is 0 Å². The monoisotopic (exact) mass is 385 g/mol. The van der Waals surface area contributed by atoms with Gasteiger partial charge in [0, 0.05) is 17.1 Å². The van der Waals surface area contributed by atoms with E-state index in [1.807, 2.05) is 42.5 Å². The lowest BCUT2D eigenvalue weighted by Gasteiger charge is -2.04. The Kier molecular flexibility index (Phi) is 4.70. The molecule has 4 rings (SSSR count). The van der Waals surface area contributed by atoms with Crippen LogP contribution < -0.4 is 5.32 Å². The number of hydrogen-bond donors (Lipinski definition) is 1. The third-order valence-corrected chi connectivity index (χ3v) is 5.25. The van der Waals surface area contributed by atoms with Gasteiger partial charge in [-0.05, 0) is 29.5 Å². The zero-order valence-electron chi connectivity index (χ0n) is 13.9. The first-order valence-corrected chi connectivity index (χ1v) is 9.19. The van der Waals surface area contributed by atoms with Gasteiger partial charge in [-0.1, -0.05) is 71.7 Å². The summed E-state index contributed by atoms with van der Waals surface area (Å²) in [6.45, 7) is 0.491. The highest BCUT2D eigenvalue weighted by atomic mass is 35.5. The Balaban J connectivity index is 1.42. The normalized spacial score (nSPS) is 18.5. The number of amides is 1. The minimum absolute atomic E-state index is 0.0258. The van der Waals surface area contributed by atoms with Crippen molar-refractivity contribution in [2.75, 3.05) is 5.32 Å². The molecule has 1 amide bonds. The Labute approximate surface area is 161 Å². The molecule has 0 radical (unpaired) electrons. The van der Waals surface area contributed by atoms with E-state index in [1.54, 1.807) is 10.9 Å². The SMILES string of the molecule is O=C(Nc1nn(Cc2ccccc2Cl)cc1Cl)C1CC1c1ccccc1. The van der Waals surface area contributed by atoms with Crippen LogP contribution in [0.4, 0.5) is 5.82 Å². The largest absolute Gasteiger partial charge is 0.308 e. The number of rotatable bonds is 5. The number of hydrogen-bond acceptors (Lipinski definition) is 2. The van der Waals surface area contributed by atoms with Crippen molar-refractivity contribution in [2.24, 2.45) is 5.92 Å². The summed E-state index contributed by atoms with van der Waals surface area (Å²) in [6.07, 6.45) is 2.55. The van der Waals surface area contributed by atoms with Crippen molar-refractivity contribution >= 4 is 34.9 Å². The average molecular weight is 386 g/mol. The Morgan fingerprint density at radius 2 is 1.81 bits per heavy atom. The molecule has 132 valence electrons. The van der Waals surface area contributed by atoms with Gasteiger partial charge in [-0.3, -0.25) is 9.48 Å². The number of halogens is 2. The molecule has 0 spiro atoms. The summed E-state index contributed by atoms with van der Waals surface area (Å²) in [5.74, 6) is 0.605. The number of benzene rings is 2. The number of nitrogens with one attached hydrogen (secondary N) is 1. The third kappa shape index (κ3) is 3.62. The molecule has 1 heterocycles. The van der Waals surface area contributed by atoms with Crippen LogP contribution in [0, 0.1) is 5.92 Å². The van der Waals surface area contributed by atoms with Crippen LogP contribution in [-0.4, -0.2) is 15.7 Å². The van der Waals surface area contributed by atoms with E-state index >= 15 is 0 Å². The molecule has 0 bridgehead atoms. The molecule has 1 saturated carbocycles. The molecule has 4 nitrogen and oxygen atoms in total. The molecule has 2 unspecified atom stereocenters. The summed E-state index contributed by atoms with van der Waals surface area (Å²) in [5, 5.41) is 8.34. The van der Waals surface area contributed by atoms with Crippen molar-refractivity contribution in [3.05, 3.63) is 82.0 Å². The van der Waals surface area contributed by atoms with Crippen molar-refractivity contribution in [1.82, 2.24) is 9.78 Å². The minimum atomic E-state index is -0.0382. The fourth-order valence-electron chi connectivity index (χ4n) is 3.13. The van der Waals surface area contributed by atoms with Gasteiger partial charge in [-0.25, -0.2) is 0 Å². The lowest BCUT2D eigenvalue weighted by Crippen LogP contribution is -2.15. The zero-order chi connectivity index (χ0) is 18.1. The standard InChI is InChI=1S/C20H17Cl2N3O/c21-17-9-5-4-8-14(17)11-25-12-18(22)19(24-25)23-20(26)16-10-15(16)13-6-2-1-3-7-13/h1-9,12,15-16H,10-11H2,(H,23,24,26). The second-order valence-electron chi connectivity index (χ2n) is 6.46. The van der Waals surface area contributed by atoms with Crippen molar-refractivity contribution in [3.63, 3.8) is 0 Å². The fourth-order valence-corrected chi connectivity index (χ4v) is 3.52. The number of carbonyl (C=O) groups is 1. The summed E-state index contributed by atoms with van der Waals surface area (Å²) in [7, 11) is 0. The van der Waals surface area contributed by atoms with Crippen LogP contribution in [0.2, 0.25) is 10.0 Å². The Morgan fingerprint density at radius 1 is 1.08 bits per heavy atom. The molecule has 2 aromatic carbocycles. The molecule has 1 N–H and O–H groups in total. The quantitative estimate of drug-likeness (QED) is 0.672. The van der Waals surface area contributed by atoms with Gasteiger partial charge in [-0.15, -0.1) is 0 Å². The molecular formula is C20H17Cl2N3O. The molecule has 3 aromatic rings. The maximum Gasteiger partial charge on any atom is 0.229 e. The average Bonchev–Trinajstić information content (AvgIpc) is 3.38. The van der Waals surface area contributed by atoms with Gasteiger partial charge in [0.1, 0.15) is 5.02 Å². The van der Waals surface area contributed by atoms with E-state index in [0.717, 1.165) is 12.0 Å². The van der Waals surface area contributed by atoms with Gasteiger partial charge in [0.15, 0.2) is 5.82 Å². The highest BCUT2D eigenvalue weighted by Crippen LogP contribution is 2.48. The van der Waals surface area contributed by atoms with Crippen LogP contribution in [0.15, 0.2) is 60.8 Å². The number of carbonyl (C=O) groups excluding carboxylic acids is 1. The highest BCUT2D eigenvalue weighted by Gasteiger charge is 2.44. The molecule has 0 aliphatic heterocycles. The third-order valence-electron chi connectivity index (χ3n) is 4.60. The fraction of sp³-hybridized carbons (Fsp3) is 0.200. The lowest BCUT2D eigenvalue weighted by molar-refractivity contribution is -0.117. The summed E-state index contributed by atoms with van der Waals surface area (Å²) in [5.41, 5.74) is 2.14. The van der Waals surface area contributed by atoms with Crippen LogP contribution in [0.1, 0.15) is 23.5 Å². The number of nitrogens with zero attached hydrogens (tertiary/aromatic N) is 2. The van der Waals surface area contributed by atoms with Crippen molar-refractivity contribution < 1.29 is 4.79 Å². The molecule has 1 aromatic heterocycles. The number of anilines is 1. The van der Waals surface area contributed by atoms with Gasteiger partial charge in [-0.2, -0.15) is 5.10 Å². The summed E-state index contributed by atoms with van der Waals surface area (Å²) in [6, 6.07) is 17.7. The molecule has 26 heavy (non-hydrogen) atoms. The molecule has 6 heteroatoms. The van der Waals surface area contributed by atoms with E-state index < -0.39 is 0 Å². The first-order valence-electron chi connectivity index (χ1n) is 8.44. The zero-order valence-corrected chi connectivity index (χ0v) is 15.4. The van der Waals surface area contributed by atoms with E-state index in [1.165, 1.54) is 5.56 Å². The molecule has 0 saturated heterocycles. The predicted octanol–water partition coefficient (Wildman–Crippen LogP) is 4.98. The molecule has 1 fully saturated rings. The first kappa shape index (κ1) is 17.1. The summed E-state index contributed by atoms with van der Waals surface area (Å²) in [4.78, 5) is 12.5. The van der Waals surface area contributed by atoms with Gasteiger partial charge in [0.2, 0.25) is 5.91 Å². The maximum absolute atomic E-state index is 12.5. The second kappa shape index (κ2) is 7.14. The highest BCUT2D eigenvalue weighted by molar-refractivity contribution is 6.33. The van der Waals surface area contributed by atoms with Crippen molar-refractivity contribution in [1.29, 1.82) is 0 Å². The Bertz CT molecular complexity index is 939. The van der Waals surface area contributed by atoms with Crippen LogP contribution in [0.3, 0.4) is 0 Å². The van der Waals surface area contributed by atoms with Crippen LogP contribution >= 0.6 is 23.2 Å². The molecule has 1 aliphatic carbocycles. The van der Waals surface area contributed by atoms with E-state index in [0.29, 0.717) is 22.4 Å². The van der Waals surface area contributed by atoms with Crippen LogP contribution in [0.5, 0.6) is 0 Å². The first-order chi connectivity index (χ1) is 12.6. The van der Waals surface area contributed by atoms with Crippen LogP contribution in [-0.2, 0) is 11.3 Å². The topological polar surface area (TPSA) is 46.9 Å².